The summed E-state index contributed by atoms with van der Waals surface area (Å²) >= 11 is 0. The summed E-state index contributed by atoms with van der Waals surface area (Å²) in [6, 6.07) is 14.8. The van der Waals surface area contributed by atoms with Gasteiger partial charge in [-0.1, -0.05) is 36.4 Å². The SMILES string of the molecule is O=C(Nc1ccc2c(c1)COC2)C1[C@H]2CN(C(=O)[C@@H](O)c3ccccc3)C[C@H]12. The molecule has 2 amide bonds. The van der Waals surface area contributed by atoms with E-state index in [-0.39, 0.29) is 29.6 Å². The highest BCUT2D eigenvalue weighted by atomic mass is 16.5. The van der Waals surface area contributed by atoms with E-state index >= 15 is 0 Å². The van der Waals surface area contributed by atoms with Gasteiger partial charge in [-0.05, 0) is 40.7 Å². The maximum atomic E-state index is 12.6. The van der Waals surface area contributed by atoms with Crippen LogP contribution >= 0.6 is 0 Å². The second kappa shape index (κ2) is 6.72. The van der Waals surface area contributed by atoms with Crippen molar-refractivity contribution >= 4 is 17.5 Å². The summed E-state index contributed by atoms with van der Waals surface area (Å²) in [5.41, 5.74) is 3.70. The number of anilines is 1. The number of hydrogen-bond acceptors (Lipinski definition) is 4. The van der Waals surface area contributed by atoms with Gasteiger partial charge in [0.25, 0.3) is 5.91 Å². The second-order valence-electron chi connectivity index (χ2n) is 7.88. The summed E-state index contributed by atoms with van der Waals surface area (Å²) in [4.78, 5) is 26.9. The third kappa shape index (κ3) is 2.99. The number of rotatable bonds is 4. The van der Waals surface area contributed by atoms with Gasteiger partial charge >= 0.3 is 0 Å². The van der Waals surface area contributed by atoms with E-state index in [4.69, 9.17) is 4.74 Å². The van der Waals surface area contributed by atoms with E-state index in [1.165, 1.54) is 5.56 Å². The lowest BCUT2D eigenvalue weighted by Crippen LogP contribution is -2.36. The fraction of sp³-hybridized carbons (Fsp3) is 0.364. The first-order chi connectivity index (χ1) is 13.6. The minimum absolute atomic E-state index is 0.0181. The summed E-state index contributed by atoms with van der Waals surface area (Å²) in [5, 5.41) is 13.3. The molecule has 1 saturated carbocycles. The average Bonchev–Trinajstić information content (AvgIpc) is 3.06. The van der Waals surface area contributed by atoms with Gasteiger partial charge in [-0.3, -0.25) is 9.59 Å². The van der Waals surface area contributed by atoms with Crippen molar-refractivity contribution in [2.24, 2.45) is 17.8 Å². The molecular formula is C22H22N2O4. The van der Waals surface area contributed by atoms with Gasteiger partial charge in [0.2, 0.25) is 5.91 Å². The molecular weight excluding hydrogens is 356 g/mol. The predicted molar refractivity (Wildman–Crippen MR) is 102 cm³/mol. The molecule has 3 atom stereocenters. The Morgan fingerprint density at radius 1 is 1.04 bits per heavy atom. The van der Waals surface area contributed by atoms with Crippen molar-refractivity contribution in [3.8, 4) is 0 Å². The number of aliphatic hydroxyl groups excluding tert-OH is 1. The second-order valence-corrected chi connectivity index (χ2v) is 7.88. The molecule has 144 valence electrons. The Morgan fingerprint density at radius 3 is 2.50 bits per heavy atom. The molecule has 2 heterocycles. The fourth-order valence-electron chi connectivity index (χ4n) is 4.52. The zero-order chi connectivity index (χ0) is 19.3. The summed E-state index contributed by atoms with van der Waals surface area (Å²) in [5.74, 6) is 0.0533. The number of carbonyl (C=O) groups excluding carboxylic acids is 2. The van der Waals surface area contributed by atoms with Crippen molar-refractivity contribution < 1.29 is 19.4 Å². The van der Waals surface area contributed by atoms with Crippen LogP contribution in [0.4, 0.5) is 5.69 Å². The van der Waals surface area contributed by atoms with E-state index in [0.29, 0.717) is 31.9 Å². The molecule has 2 aliphatic heterocycles. The van der Waals surface area contributed by atoms with Gasteiger partial charge in [0.15, 0.2) is 6.10 Å². The van der Waals surface area contributed by atoms with Crippen molar-refractivity contribution in [3.05, 3.63) is 65.2 Å². The summed E-state index contributed by atoms with van der Waals surface area (Å²) in [7, 11) is 0. The van der Waals surface area contributed by atoms with E-state index in [9.17, 15) is 14.7 Å². The number of nitrogens with zero attached hydrogens (tertiary/aromatic N) is 1. The Bertz CT molecular complexity index is 917. The van der Waals surface area contributed by atoms with Crippen LogP contribution in [0, 0.1) is 17.8 Å². The molecule has 2 aromatic rings. The molecule has 0 bridgehead atoms. The third-order valence-corrected chi connectivity index (χ3v) is 6.15. The summed E-state index contributed by atoms with van der Waals surface area (Å²) in [6.07, 6.45) is -1.14. The Hall–Kier alpha value is -2.70. The van der Waals surface area contributed by atoms with Crippen molar-refractivity contribution in [2.45, 2.75) is 19.3 Å². The van der Waals surface area contributed by atoms with Crippen LogP contribution in [0.15, 0.2) is 48.5 Å². The van der Waals surface area contributed by atoms with E-state index in [0.717, 1.165) is 11.3 Å². The predicted octanol–water partition coefficient (Wildman–Crippen LogP) is 2.09. The van der Waals surface area contributed by atoms with Crippen LogP contribution in [-0.2, 0) is 27.5 Å². The monoisotopic (exact) mass is 378 g/mol. The lowest BCUT2D eigenvalue weighted by molar-refractivity contribution is -0.140. The van der Waals surface area contributed by atoms with Crippen molar-refractivity contribution in [1.29, 1.82) is 0 Å². The van der Waals surface area contributed by atoms with Crippen LogP contribution in [-0.4, -0.2) is 34.9 Å². The quantitative estimate of drug-likeness (QED) is 0.854. The van der Waals surface area contributed by atoms with Gasteiger partial charge in [-0.15, -0.1) is 0 Å². The molecule has 1 saturated heterocycles. The number of fused-ring (bicyclic) bond motifs is 2. The number of ether oxygens (including phenoxy) is 1. The zero-order valence-corrected chi connectivity index (χ0v) is 15.4. The number of likely N-dealkylation sites (tertiary alicyclic amines) is 1. The van der Waals surface area contributed by atoms with Gasteiger partial charge in [0.1, 0.15) is 0 Å². The molecule has 2 N–H and O–H groups in total. The fourth-order valence-corrected chi connectivity index (χ4v) is 4.52. The molecule has 5 rings (SSSR count). The van der Waals surface area contributed by atoms with Crippen LogP contribution < -0.4 is 5.32 Å². The van der Waals surface area contributed by atoms with Crippen LogP contribution in [0.2, 0.25) is 0 Å². The maximum Gasteiger partial charge on any atom is 0.256 e. The van der Waals surface area contributed by atoms with E-state index in [1.807, 2.05) is 24.3 Å². The molecule has 1 aliphatic carbocycles. The number of piperidine rings is 1. The molecule has 0 unspecified atom stereocenters. The summed E-state index contributed by atoms with van der Waals surface area (Å²) in [6.45, 7) is 2.29. The van der Waals surface area contributed by atoms with Crippen molar-refractivity contribution in [1.82, 2.24) is 4.90 Å². The number of hydrogen-bond donors (Lipinski definition) is 2. The molecule has 2 aromatic carbocycles. The van der Waals surface area contributed by atoms with Gasteiger partial charge in [0.05, 0.1) is 13.2 Å². The third-order valence-electron chi connectivity index (χ3n) is 6.15. The van der Waals surface area contributed by atoms with E-state index in [1.54, 1.807) is 29.2 Å². The van der Waals surface area contributed by atoms with Crippen LogP contribution in [0.5, 0.6) is 0 Å². The number of carbonyl (C=O) groups is 2. The molecule has 0 aromatic heterocycles. The molecule has 0 spiro atoms. The number of aliphatic hydroxyl groups is 1. The normalized spacial score (nSPS) is 25.8. The average molecular weight is 378 g/mol. The Morgan fingerprint density at radius 2 is 1.75 bits per heavy atom. The Labute approximate surface area is 163 Å². The first-order valence-corrected chi connectivity index (χ1v) is 9.64. The number of nitrogens with one attached hydrogen (secondary N) is 1. The largest absolute Gasteiger partial charge is 0.378 e. The Kier molecular flexibility index (Phi) is 4.18. The number of benzene rings is 2. The lowest BCUT2D eigenvalue weighted by Gasteiger charge is -2.23. The maximum absolute atomic E-state index is 12.6. The van der Waals surface area contributed by atoms with Gasteiger partial charge < -0.3 is 20.1 Å². The molecule has 3 aliphatic rings. The minimum atomic E-state index is -1.14. The molecule has 2 fully saturated rings. The van der Waals surface area contributed by atoms with Crippen molar-refractivity contribution in [3.63, 3.8) is 0 Å². The van der Waals surface area contributed by atoms with Gasteiger partial charge in [-0.2, -0.15) is 0 Å². The van der Waals surface area contributed by atoms with Crippen LogP contribution in [0.1, 0.15) is 22.8 Å². The first-order valence-electron chi connectivity index (χ1n) is 9.64. The highest BCUT2D eigenvalue weighted by molar-refractivity contribution is 5.95. The highest BCUT2D eigenvalue weighted by Crippen LogP contribution is 2.52. The van der Waals surface area contributed by atoms with E-state index < -0.39 is 6.10 Å². The molecule has 0 radical (unpaired) electrons. The number of amides is 2. The molecule has 6 heteroatoms. The molecule has 6 nitrogen and oxygen atoms in total. The van der Waals surface area contributed by atoms with Gasteiger partial charge in [0, 0.05) is 24.7 Å². The standard InChI is InChI=1S/C22H22N2O4/c25-20(13-4-2-1-3-5-13)22(27)24-9-17-18(10-24)19(17)21(26)23-16-7-6-14-11-28-12-15(14)8-16/h1-8,17-20,25H,9-12H2,(H,23,26)/t17-,18-,20-/m0/s1. The van der Waals surface area contributed by atoms with Crippen molar-refractivity contribution in [2.75, 3.05) is 18.4 Å². The first kappa shape index (κ1) is 17.4. The minimum Gasteiger partial charge on any atom is -0.378 e. The zero-order valence-electron chi connectivity index (χ0n) is 15.4. The van der Waals surface area contributed by atoms with Gasteiger partial charge in [-0.25, -0.2) is 0 Å². The van der Waals surface area contributed by atoms with Crippen LogP contribution in [0.25, 0.3) is 0 Å². The van der Waals surface area contributed by atoms with E-state index in [2.05, 4.69) is 5.32 Å². The molecule has 28 heavy (non-hydrogen) atoms. The Balaban J connectivity index is 1.17. The highest BCUT2D eigenvalue weighted by Gasteiger charge is 2.60. The summed E-state index contributed by atoms with van der Waals surface area (Å²) < 4.78 is 5.41. The lowest BCUT2D eigenvalue weighted by atomic mass is 10.1. The smallest absolute Gasteiger partial charge is 0.256 e. The van der Waals surface area contributed by atoms with Crippen LogP contribution in [0.3, 0.4) is 0 Å². The topological polar surface area (TPSA) is 78.9 Å².